The number of nitrogens with two attached hydrogens (primary N) is 1. The van der Waals surface area contributed by atoms with Crippen molar-refractivity contribution in [3.05, 3.63) is 59.2 Å². The summed E-state index contributed by atoms with van der Waals surface area (Å²) in [6, 6.07) is 13.4. The second-order valence-electron chi connectivity index (χ2n) is 5.53. The van der Waals surface area contributed by atoms with Gasteiger partial charge in [0.2, 0.25) is 0 Å². The molecule has 0 aromatic heterocycles. The van der Waals surface area contributed by atoms with Crippen LogP contribution in [0.15, 0.2) is 42.5 Å². The molecule has 2 nitrogen and oxygen atoms in total. The van der Waals surface area contributed by atoms with E-state index in [1.807, 2.05) is 0 Å². The molecule has 0 saturated heterocycles. The van der Waals surface area contributed by atoms with Crippen LogP contribution in [0.2, 0.25) is 0 Å². The Morgan fingerprint density at radius 3 is 2.27 bits per heavy atom. The van der Waals surface area contributed by atoms with Gasteiger partial charge in [-0.1, -0.05) is 50.2 Å². The summed E-state index contributed by atoms with van der Waals surface area (Å²) >= 11 is 0. The number of rotatable bonds is 5. The number of nitrogen functional groups attached to an aromatic ring is 1. The minimum absolute atomic E-state index is 0.0953. The minimum atomic E-state index is 0.0953. The van der Waals surface area contributed by atoms with E-state index in [1.165, 1.54) is 31.2 Å². The average molecular weight is 293 g/mol. The minimum Gasteiger partial charge on any atom is -0.506 e. The molecule has 2 heteroatoms. The van der Waals surface area contributed by atoms with Gasteiger partial charge < -0.3 is 10.8 Å². The third-order valence-electron chi connectivity index (χ3n) is 3.65. The lowest BCUT2D eigenvalue weighted by Gasteiger charge is -2.01. The molecule has 114 valence electrons. The van der Waals surface area contributed by atoms with Crippen LogP contribution in [-0.4, -0.2) is 5.11 Å². The quantitative estimate of drug-likeness (QED) is 0.369. The first-order valence-corrected chi connectivity index (χ1v) is 7.88. The van der Waals surface area contributed by atoms with Crippen molar-refractivity contribution in [2.75, 3.05) is 5.73 Å². The van der Waals surface area contributed by atoms with Gasteiger partial charge in [0, 0.05) is 11.1 Å². The van der Waals surface area contributed by atoms with Gasteiger partial charge >= 0.3 is 0 Å². The molecule has 22 heavy (non-hydrogen) atoms. The van der Waals surface area contributed by atoms with Crippen molar-refractivity contribution >= 4 is 5.69 Å². The van der Waals surface area contributed by atoms with Crippen LogP contribution in [-0.2, 0) is 6.42 Å². The maximum absolute atomic E-state index is 9.39. The standard InChI is InChI=1S/C20H23NO/c1-2-3-4-5-6-16-7-9-17(10-8-16)11-12-18-13-14-20(22)19(21)15-18/h7-10,13-15,22H,2-6,21H2,1H3. The van der Waals surface area contributed by atoms with E-state index in [0.717, 1.165) is 17.5 Å². The Labute approximate surface area is 133 Å². The van der Waals surface area contributed by atoms with E-state index < -0.39 is 0 Å². The van der Waals surface area contributed by atoms with Gasteiger partial charge in [0.1, 0.15) is 5.75 Å². The first-order chi connectivity index (χ1) is 10.7. The molecule has 0 atom stereocenters. The number of phenolic OH excluding ortho intramolecular Hbond substituents is 1. The monoisotopic (exact) mass is 293 g/mol. The lowest BCUT2D eigenvalue weighted by Crippen LogP contribution is -1.87. The van der Waals surface area contributed by atoms with Crippen molar-refractivity contribution in [1.82, 2.24) is 0 Å². The molecule has 2 rings (SSSR count). The lowest BCUT2D eigenvalue weighted by atomic mass is 10.0. The predicted octanol–water partition coefficient (Wildman–Crippen LogP) is 4.50. The van der Waals surface area contributed by atoms with Gasteiger partial charge in [-0.05, 0) is 48.7 Å². The second kappa shape index (κ2) is 8.14. The summed E-state index contributed by atoms with van der Waals surface area (Å²) in [5.41, 5.74) is 9.18. The molecular weight excluding hydrogens is 270 g/mol. The number of benzene rings is 2. The van der Waals surface area contributed by atoms with Gasteiger partial charge in [0.15, 0.2) is 0 Å². The molecule has 0 unspecified atom stereocenters. The molecule has 3 N–H and O–H groups in total. The Hall–Kier alpha value is -2.40. The van der Waals surface area contributed by atoms with Crippen LogP contribution < -0.4 is 5.73 Å². The number of unbranched alkanes of at least 4 members (excludes halogenated alkanes) is 3. The first-order valence-electron chi connectivity index (χ1n) is 7.88. The van der Waals surface area contributed by atoms with E-state index in [4.69, 9.17) is 5.73 Å². The molecule has 0 heterocycles. The number of anilines is 1. The van der Waals surface area contributed by atoms with Crippen LogP contribution in [0.3, 0.4) is 0 Å². The Kier molecular flexibility index (Phi) is 5.91. The highest BCUT2D eigenvalue weighted by Crippen LogP contribution is 2.19. The molecule has 2 aromatic rings. The predicted molar refractivity (Wildman–Crippen MR) is 92.8 cm³/mol. The van der Waals surface area contributed by atoms with E-state index in [0.29, 0.717) is 5.69 Å². The van der Waals surface area contributed by atoms with Gasteiger partial charge in [0.25, 0.3) is 0 Å². The largest absolute Gasteiger partial charge is 0.506 e. The Bertz CT molecular complexity index is 662. The maximum atomic E-state index is 9.39. The number of hydrogen-bond acceptors (Lipinski definition) is 2. The van der Waals surface area contributed by atoms with Crippen LogP contribution in [0.5, 0.6) is 5.75 Å². The third kappa shape index (κ3) is 4.86. The summed E-state index contributed by atoms with van der Waals surface area (Å²) < 4.78 is 0. The van der Waals surface area contributed by atoms with E-state index >= 15 is 0 Å². The van der Waals surface area contributed by atoms with E-state index in [1.54, 1.807) is 18.2 Å². The molecule has 0 spiro atoms. The summed E-state index contributed by atoms with van der Waals surface area (Å²) in [5, 5.41) is 9.39. The summed E-state index contributed by atoms with van der Waals surface area (Å²) in [6.45, 7) is 2.23. The Morgan fingerprint density at radius 2 is 1.59 bits per heavy atom. The summed E-state index contributed by atoms with van der Waals surface area (Å²) in [4.78, 5) is 0. The fourth-order valence-corrected chi connectivity index (χ4v) is 2.29. The first kappa shape index (κ1) is 16.0. The third-order valence-corrected chi connectivity index (χ3v) is 3.65. The number of hydrogen-bond donors (Lipinski definition) is 2. The average Bonchev–Trinajstić information content (AvgIpc) is 2.54. The zero-order valence-corrected chi connectivity index (χ0v) is 13.1. The normalized spacial score (nSPS) is 10.0. The van der Waals surface area contributed by atoms with Crippen molar-refractivity contribution in [3.8, 4) is 17.6 Å². The lowest BCUT2D eigenvalue weighted by molar-refractivity contribution is 0.478. The van der Waals surface area contributed by atoms with Crippen LogP contribution >= 0.6 is 0 Å². The van der Waals surface area contributed by atoms with Crippen molar-refractivity contribution in [3.63, 3.8) is 0 Å². The fraction of sp³-hybridized carbons (Fsp3) is 0.300. The second-order valence-corrected chi connectivity index (χ2v) is 5.53. The number of aromatic hydroxyl groups is 1. The Morgan fingerprint density at radius 1 is 0.909 bits per heavy atom. The van der Waals surface area contributed by atoms with Crippen LogP contribution in [0, 0.1) is 11.8 Å². The Balaban J connectivity index is 1.96. The highest BCUT2D eigenvalue weighted by molar-refractivity contribution is 5.57. The van der Waals surface area contributed by atoms with Crippen LogP contribution in [0.25, 0.3) is 0 Å². The molecular formula is C20H23NO. The van der Waals surface area contributed by atoms with Crippen LogP contribution in [0.1, 0.15) is 49.3 Å². The molecule has 2 aromatic carbocycles. The molecule has 0 fully saturated rings. The smallest absolute Gasteiger partial charge is 0.138 e. The van der Waals surface area contributed by atoms with Gasteiger partial charge in [-0.15, -0.1) is 0 Å². The molecule has 0 bridgehead atoms. The number of aryl methyl sites for hydroxylation is 1. The number of phenols is 1. The molecule has 0 aliphatic heterocycles. The van der Waals surface area contributed by atoms with Gasteiger partial charge in [-0.3, -0.25) is 0 Å². The van der Waals surface area contributed by atoms with Crippen molar-refractivity contribution in [2.24, 2.45) is 0 Å². The van der Waals surface area contributed by atoms with Crippen molar-refractivity contribution < 1.29 is 5.11 Å². The molecule has 0 radical (unpaired) electrons. The van der Waals surface area contributed by atoms with Gasteiger partial charge in [0.05, 0.1) is 5.69 Å². The topological polar surface area (TPSA) is 46.2 Å². The molecule has 0 aliphatic rings. The van der Waals surface area contributed by atoms with Crippen molar-refractivity contribution in [1.29, 1.82) is 0 Å². The summed E-state index contributed by atoms with van der Waals surface area (Å²) in [7, 11) is 0. The fourth-order valence-electron chi connectivity index (χ4n) is 2.29. The van der Waals surface area contributed by atoms with E-state index in [2.05, 4.69) is 43.0 Å². The van der Waals surface area contributed by atoms with Gasteiger partial charge in [-0.25, -0.2) is 0 Å². The summed E-state index contributed by atoms with van der Waals surface area (Å²) in [5.74, 6) is 6.29. The van der Waals surface area contributed by atoms with Crippen LogP contribution in [0.4, 0.5) is 5.69 Å². The van der Waals surface area contributed by atoms with E-state index in [9.17, 15) is 5.11 Å². The SMILES string of the molecule is CCCCCCc1ccc(C#Cc2ccc(O)c(N)c2)cc1. The molecule has 0 saturated carbocycles. The summed E-state index contributed by atoms with van der Waals surface area (Å²) in [6.07, 6.45) is 6.30. The van der Waals surface area contributed by atoms with E-state index in [-0.39, 0.29) is 5.75 Å². The maximum Gasteiger partial charge on any atom is 0.138 e. The zero-order valence-electron chi connectivity index (χ0n) is 13.1. The van der Waals surface area contributed by atoms with Gasteiger partial charge in [-0.2, -0.15) is 0 Å². The zero-order chi connectivity index (χ0) is 15.8. The molecule has 0 amide bonds. The van der Waals surface area contributed by atoms with Crippen molar-refractivity contribution in [2.45, 2.75) is 39.0 Å². The highest BCUT2D eigenvalue weighted by atomic mass is 16.3. The highest BCUT2D eigenvalue weighted by Gasteiger charge is 1.96. The molecule has 0 aliphatic carbocycles.